The van der Waals surface area contributed by atoms with Crippen LogP contribution in [0.25, 0.3) is 11.0 Å². The highest BCUT2D eigenvalue weighted by molar-refractivity contribution is 5.72. The number of nitrogens with one attached hydrogen (secondary N) is 2. The number of nitrogens with zero attached hydrogens (tertiary/aromatic N) is 2. The van der Waals surface area contributed by atoms with E-state index in [4.69, 9.17) is 18.9 Å². The SMILES string of the molecule is O=c1[nH]c(=O)c2c(cnn2[C@@H]2O[C@H](COCc3ccccc3)[C@@H](OCc3ccccc3)[C@@H]2OCc2ccccc2)[nH]1. The van der Waals surface area contributed by atoms with Crippen LogP contribution in [0.1, 0.15) is 22.9 Å². The molecule has 0 unspecified atom stereocenters. The van der Waals surface area contributed by atoms with Gasteiger partial charge < -0.3 is 23.9 Å². The zero-order chi connectivity index (χ0) is 28.0. The molecule has 0 aliphatic carbocycles. The highest BCUT2D eigenvalue weighted by Crippen LogP contribution is 2.36. The Labute approximate surface area is 235 Å². The van der Waals surface area contributed by atoms with Crippen molar-refractivity contribution in [2.75, 3.05) is 6.61 Å². The lowest BCUT2D eigenvalue weighted by Gasteiger charge is -2.25. The Morgan fingerprint density at radius 2 is 1.29 bits per heavy atom. The highest BCUT2D eigenvalue weighted by atomic mass is 16.6. The lowest BCUT2D eigenvalue weighted by Crippen LogP contribution is -2.38. The molecule has 3 heterocycles. The average Bonchev–Trinajstić information content (AvgIpc) is 3.57. The van der Waals surface area contributed by atoms with Crippen LogP contribution in [-0.2, 0) is 38.8 Å². The van der Waals surface area contributed by atoms with E-state index in [2.05, 4.69) is 15.1 Å². The number of aromatic nitrogens is 4. The van der Waals surface area contributed by atoms with Gasteiger partial charge in [-0.15, -0.1) is 0 Å². The number of ether oxygens (including phenoxy) is 4. The average molecular weight is 555 g/mol. The molecule has 0 saturated carbocycles. The zero-order valence-electron chi connectivity index (χ0n) is 22.2. The van der Waals surface area contributed by atoms with E-state index in [0.717, 1.165) is 16.7 Å². The van der Waals surface area contributed by atoms with Crippen molar-refractivity contribution in [2.24, 2.45) is 0 Å². The Bertz CT molecular complexity index is 1670. The summed E-state index contributed by atoms with van der Waals surface area (Å²) in [7, 11) is 0. The molecule has 2 N–H and O–H groups in total. The minimum Gasteiger partial charge on any atom is -0.374 e. The Morgan fingerprint density at radius 3 is 1.90 bits per heavy atom. The van der Waals surface area contributed by atoms with Crippen LogP contribution < -0.4 is 11.2 Å². The fraction of sp³-hybridized carbons (Fsp3) is 0.258. The van der Waals surface area contributed by atoms with Gasteiger partial charge in [-0.25, -0.2) is 9.48 Å². The normalized spacial score (nSPS) is 20.5. The highest BCUT2D eigenvalue weighted by Gasteiger charge is 2.48. The minimum absolute atomic E-state index is 0.176. The van der Waals surface area contributed by atoms with E-state index >= 15 is 0 Å². The molecule has 1 fully saturated rings. The van der Waals surface area contributed by atoms with Gasteiger partial charge in [0.1, 0.15) is 18.3 Å². The van der Waals surface area contributed by atoms with Crippen LogP contribution in [-0.4, -0.2) is 44.7 Å². The Morgan fingerprint density at radius 1 is 0.732 bits per heavy atom. The van der Waals surface area contributed by atoms with Gasteiger partial charge >= 0.3 is 5.69 Å². The Kier molecular flexibility index (Phi) is 8.15. The first kappa shape index (κ1) is 26.9. The molecule has 210 valence electrons. The number of benzene rings is 3. The van der Waals surface area contributed by atoms with E-state index in [1.165, 1.54) is 10.9 Å². The molecule has 0 radical (unpaired) electrons. The first-order valence-corrected chi connectivity index (χ1v) is 13.4. The van der Waals surface area contributed by atoms with Crippen LogP contribution in [0.15, 0.2) is 107 Å². The molecular formula is C31H30N4O6. The van der Waals surface area contributed by atoms with Gasteiger partial charge in [0, 0.05) is 0 Å². The lowest BCUT2D eigenvalue weighted by molar-refractivity contribution is -0.0925. The molecule has 41 heavy (non-hydrogen) atoms. The largest absolute Gasteiger partial charge is 0.374 e. The molecule has 1 aliphatic heterocycles. The first-order valence-electron chi connectivity index (χ1n) is 13.4. The summed E-state index contributed by atoms with van der Waals surface area (Å²) in [5, 5.41) is 4.42. The minimum atomic E-state index is -0.825. The number of hydrogen-bond donors (Lipinski definition) is 2. The summed E-state index contributed by atoms with van der Waals surface area (Å²) in [5.74, 6) is 0. The molecule has 0 bridgehead atoms. The van der Waals surface area contributed by atoms with Crippen LogP contribution in [0.4, 0.5) is 0 Å². The van der Waals surface area contributed by atoms with E-state index in [9.17, 15) is 9.59 Å². The number of aromatic amines is 2. The zero-order valence-corrected chi connectivity index (χ0v) is 22.2. The summed E-state index contributed by atoms with van der Waals surface area (Å²) in [4.78, 5) is 29.6. The second-order valence-corrected chi connectivity index (χ2v) is 9.85. The fourth-order valence-corrected chi connectivity index (χ4v) is 5.01. The van der Waals surface area contributed by atoms with E-state index < -0.39 is 35.8 Å². The van der Waals surface area contributed by atoms with Gasteiger partial charge in [-0.05, 0) is 16.7 Å². The molecular weight excluding hydrogens is 524 g/mol. The van der Waals surface area contributed by atoms with E-state index in [1.807, 2.05) is 91.0 Å². The molecule has 5 aromatic rings. The molecule has 1 aliphatic rings. The van der Waals surface area contributed by atoms with Crippen LogP contribution in [0.2, 0.25) is 0 Å². The van der Waals surface area contributed by atoms with Crippen molar-refractivity contribution < 1.29 is 18.9 Å². The van der Waals surface area contributed by atoms with Gasteiger partial charge in [-0.3, -0.25) is 9.78 Å². The standard InChI is InChI=1S/C31H30N4O6/c36-29-26-24(33-31(37)34-29)16-32-35(26)30-28(40-19-23-14-8-3-9-15-23)27(39-18-22-12-6-2-7-13-22)25(41-30)20-38-17-21-10-4-1-5-11-21/h1-16,25,27-28,30H,17-20H2,(H2,33,34,36,37)/t25-,27-,28+,30-/m1/s1. The molecule has 4 atom stereocenters. The summed E-state index contributed by atoms with van der Waals surface area (Å²) < 4.78 is 27.0. The third kappa shape index (κ3) is 6.21. The monoisotopic (exact) mass is 554 g/mol. The van der Waals surface area contributed by atoms with Crippen molar-refractivity contribution in [1.82, 2.24) is 19.7 Å². The van der Waals surface area contributed by atoms with Crippen molar-refractivity contribution in [3.05, 3.63) is 135 Å². The number of fused-ring (bicyclic) bond motifs is 1. The Hall–Kier alpha value is -4.35. The Balaban J connectivity index is 1.32. The molecule has 6 rings (SSSR count). The maximum absolute atomic E-state index is 12.8. The summed E-state index contributed by atoms with van der Waals surface area (Å²) in [6.45, 7) is 1.25. The fourth-order valence-electron chi connectivity index (χ4n) is 5.01. The maximum atomic E-state index is 12.8. The van der Waals surface area contributed by atoms with E-state index in [0.29, 0.717) is 25.3 Å². The molecule has 2 aromatic heterocycles. The van der Waals surface area contributed by atoms with Crippen molar-refractivity contribution in [3.8, 4) is 0 Å². The van der Waals surface area contributed by atoms with Gasteiger partial charge in [0.25, 0.3) is 5.56 Å². The summed E-state index contributed by atoms with van der Waals surface area (Å²) >= 11 is 0. The third-order valence-electron chi connectivity index (χ3n) is 6.98. The van der Waals surface area contributed by atoms with Crippen molar-refractivity contribution in [2.45, 2.75) is 44.4 Å². The van der Waals surface area contributed by atoms with Crippen LogP contribution in [0.5, 0.6) is 0 Å². The topological polar surface area (TPSA) is 120 Å². The number of rotatable bonds is 11. The summed E-state index contributed by atoms with van der Waals surface area (Å²) in [5.41, 5.74) is 2.31. The van der Waals surface area contributed by atoms with E-state index in [-0.39, 0.29) is 12.1 Å². The van der Waals surface area contributed by atoms with Crippen LogP contribution in [0.3, 0.4) is 0 Å². The second kappa shape index (κ2) is 12.4. The first-order chi connectivity index (χ1) is 20.2. The quantitative estimate of drug-likeness (QED) is 0.255. The van der Waals surface area contributed by atoms with Gasteiger partial charge in [0.2, 0.25) is 0 Å². The number of hydrogen-bond acceptors (Lipinski definition) is 7. The molecule has 0 spiro atoms. The van der Waals surface area contributed by atoms with Crippen LogP contribution in [0, 0.1) is 0 Å². The predicted octanol–water partition coefficient (Wildman–Crippen LogP) is 3.70. The van der Waals surface area contributed by atoms with Gasteiger partial charge in [-0.1, -0.05) is 91.0 Å². The van der Waals surface area contributed by atoms with Crippen molar-refractivity contribution in [3.63, 3.8) is 0 Å². The van der Waals surface area contributed by atoms with Gasteiger partial charge in [-0.2, -0.15) is 5.10 Å². The van der Waals surface area contributed by atoms with Gasteiger partial charge in [0.15, 0.2) is 11.7 Å². The van der Waals surface area contributed by atoms with Gasteiger partial charge in [0.05, 0.1) is 38.1 Å². The molecule has 3 aromatic carbocycles. The molecule has 10 nitrogen and oxygen atoms in total. The van der Waals surface area contributed by atoms with Crippen molar-refractivity contribution >= 4 is 11.0 Å². The molecule has 10 heteroatoms. The summed E-state index contributed by atoms with van der Waals surface area (Å²) in [6.07, 6.45) is -1.13. The predicted molar refractivity (Wildman–Crippen MR) is 151 cm³/mol. The van der Waals surface area contributed by atoms with Crippen molar-refractivity contribution in [1.29, 1.82) is 0 Å². The molecule has 0 amide bonds. The van der Waals surface area contributed by atoms with Crippen LogP contribution >= 0.6 is 0 Å². The third-order valence-corrected chi connectivity index (χ3v) is 6.98. The smallest absolute Gasteiger partial charge is 0.326 e. The maximum Gasteiger partial charge on any atom is 0.326 e. The summed E-state index contributed by atoms with van der Waals surface area (Å²) in [6, 6.07) is 29.5. The number of H-pyrrole nitrogens is 2. The molecule has 1 saturated heterocycles. The second-order valence-electron chi connectivity index (χ2n) is 9.85. The lowest BCUT2D eigenvalue weighted by atomic mass is 10.1. The van der Waals surface area contributed by atoms with E-state index in [1.54, 1.807) is 0 Å².